The molecule has 0 saturated heterocycles. The van der Waals surface area contributed by atoms with Gasteiger partial charge < -0.3 is 14.9 Å². The van der Waals surface area contributed by atoms with Gasteiger partial charge in [0.25, 0.3) is 0 Å². The van der Waals surface area contributed by atoms with E-state index in [0.717, 1.165) is 4.88 Å². The lowest BCUT2D eigenvalue weighted by Crippen LogP contribution is -2.22. The minimum absolute atomic E-state index is 0.0393. The van der Waals surface area contributed by atoms with Crippen molar-refractivity contribution in [1.82, 2.24) is 0 Å². The average molecular weight is 322 g/mol. The van der Waals surface area contributed by atoms with Gasteiger partial charge in [-0.25, -0.2) is 4.79 Å². The molecule has 3 aromatic rings. The Hall–Kier alpha value is -3.04. The van der Waals surface area contributed by atoms with E-state index in [9.17, 15) is 10.1 Å². The van der Waals surface area contributed by atoms with Gasteiger partial charge in [-0.1, -0.05) is 24.3 Å². The summed E-state index contributed by atoms with van der Waals surface area (Å²) in [6.45, 7) is 0. The number of rotatable bonds is 1. The van der Waals surface area contributed by atoms with Crippen LogP contribution in [0.5, 0.6) is 5.75 Å². The summed E-state index contributed by atoms with van der Waals surface area (Å²) in [7, 11) is 0. The summed E-state index contributed by atoms with van der Waals surface area (Å²) in [6, 6.07) is 12.8. The number of hydrogen-bond donors (Lipinski definition) is 1. The molecule has 2 aromatic heterocycles. The smallest absolute Gasteiger partial charge is 0.344 e. The molecule has 1 aromatic carbocycles. The van der Waals surface area contributed by atoms with Gasteiger partial charge in [-0.15, -0.1) is 11.3 Å². The van der Waals surface area contributed by atoms with Crippen LogP contribution in [0.3, 0.4) is 0 Å². The first kappa shape index (κ1) is 13.6. The van der Waals surface area contributed by atoms with E-state index in [1.54, 1.807) is 18.2 Å². The van der Waals surface area contributed by atoms with E-state index in [4.69, 9.17) is 14.9 Å². The number of ether oxygens (including phenoxy) is 1. The minimum atomic E-state index is -0.527. The van der Waals surface area contributed by atoms with E-state index in [-0.39, 0.29) is 11.5 Å². The van der Waals surface area contributed by atoms with Gasteiger partial charge in [0.2, 0.25) is 5.88 Å². The third-order valence-corrected chi connectivity index (χ3v) is 4.73. The highest BCUT2D eigenvalue weighted by Crippen LogP contribution is 2.45. The van der Waals surface area contributed by atoms with Crippen LogP contribution in [0.25, 0.3) is 10.8 Å². The summed E-state index contributed by atoms with van der Waals surface area (Å²) in [6.07, 6.45) is 0. The van der Waals surface area contributed by atoms with Crippen LogP contribution in [0.1, 0.15) is 16.6 Å². The van der Waals surface area contributed by atoms with Gasteiger partial charge in [-0.2, -0.15) is 5.26 Å². The topological polar surface area (TPSA) is 89.2 Å². The number of allylic oxidation sites excluding steroid dienone is 1. The number of nitrogens with zero attached hydrogens (tertiary/aromatic N) is 1. The molecule has 0 aliphatic carbocycles. The standard InChI is InChI=1S/C17H10N2O3S/c18-8-11-13(12-6-3-7-23-12)15-14(21-16(11)19)9-4-1-2-5-10(9)17(20)22-15/h1-7,13H,19H2. The summed E-state index contributed by atoms with van der Waals surface area (Å²) < 4.78 is 11.2. The predicted octanol–water partition coefficient (Wildman–Crippen LogP) is 3.07. The van der Waals surface area contributed by atoms with Gasteiger partial charge in [0.15, 0.2) is 11.5 Å². The summed E-state index contributed by atoms with van der Waals surface area (Å²) in [4.78, 5) is 13.2. The van der Waals surface area contributed by atoms with E-state index in [0.29, 0.717) is 22.3 Å². The normalized spacial score (nSPS) is 16.7. The van der Waals surface area contributed by atoms with Crippen LogP contribution in [0.4, 0.5) is 0 Å². The number of benzene rings is 1. The largest absolute Gasteiger partial charge is 0.436 e. The highest BCUT2D eigenvalue weighted by Gasteiger charge is 2.35. The summed E-state index contributed by atoms with van der Waals surface area (Å²) in [5, 5.41) is 12.4. The summed E-state index contributed by atoms with van der Waals surface area (Å²) >= 11 is 1.47. The van der Waals surface area contributed by atoms with Gasteiger partial charge in [-0.3, -0.25) is 0 Å². The molecule has 2 N–H and O–H groups in total. The summed E-state index contributed by atoms with van der Waals surface area (Å²) in [5.74, 6) is 0.232. The van der Waals surface area contributed by atoms with E-state index < -0.39 is 11.5 Å². The van der Waals surface area contributed by atoms with Crippen LogP contribution in [0.2, 0.25) is 0 Å². The highest BCUT2D eigenvalue weighted by molar-refractivity contribution is 7.10. The number of thiophene rings is 1. The molecule has 0 amide bonds. The molecule has 1 aliphatic rings. The molecule has 4 rings (SSSR count). The van der Waals surface area contributed by atoms with Crippen molar-refractivity contribution < 1.29 is 9.15 Å². The molecule has 1 unspecified atom stereocenters. The fraction of sp³-hybridized carbons (Fsp3) is 0.0588. The van der Waals surface area contributed by atoms with Gasteiger partial charge >= 0.3 is 5.63 Å². The fourth-order valence-corrected chi connectivity index (χ4v) is 3.61. The molecule has 0 radical (unpaired) electrons. The third-order valence-electron chi connectivity index (χ3n) is 3.79. The van der Waals surface area contributed by atoms with Crippen molar-refractivity contribution in [2.75, 3.05) is 0 Å². The molecule has 112 valence electrons. The maximum Gasteiger partial charge on any atom is 0.344 e. The second-order valence-electron chi connectivity index (χ2n) is 5.07. The van der Waals surface area contributed by atoms with Crippen molar-refractivity contribution in [3.8, 4) is 11.8 Å². The molecule has 0 spiro atoms. The van der Waals surface area contributed by atoms with E-state index >= 15 is 0 Å². The van der Waals surface area contributed by atoms with E-state index in [1.165, 1.54) is 11.3 Å². The van der Waals surface area contributed by atoms with Crippen molar-refractivity contribution >= 4 is 22.1 Å². The Kier molecular flexibility index (Phi) is 2.96. The molecule has 1 aliphatic heterocycles. The van der Waals surface area contributed by atoms with E-state index in [1.807, 2.05) is 23.6 Å². The monoisotopic (exact) mass is 322 g/mol. The Morgan fingerprint density at radius 1 is 1.17 bits per heavy atom. The molecule has 0 saturated carbocycles. The van der Waals surface area contributed by atoms with Gasteiger partial charge in [-0.05, 0) is 17.5 Å². The Labute approximate surface area is 134 Å². The molecular formula is C17H10N2O3S. The highest BCUT2D eigenvalue weighted by atomic mass is 32.1. The summed E-state index contributed by atoms with van der Waals surface area (Å²) in [5.41, 5.74) is 5.74. The van der Waals surface area contributed by atoms with Crippen LogP contribution in [0, 0.1) is 11.3 Å². The lowest BCUT2D eigenvalue weighted by atomic mass is 9.92. The van der Waals surface area contributed by atoms with Crippen LogP contribution in [0.15, 0.2) is 62.4 Å². The van der Waals surface area contributed by atoms with Crippen molar-refractivity contribution in [2.24, 2.45) is 5.73 Å². The Balaban J connectivity index is 2.10. The number of nitriles is 1. The Bertz CT molecular complexity index is 1040. The molecule has 6 heteroatoms. The number of hydrogen-bond acceptors (Lipinski definition) is 6. The molecule has 23 heavy (non-hydrogen) atoms. The first-order valence-electron chi connectivity index (χ1n) is 6.87. The molecule has 5 nitrogen and oxygen atoms in total. The van der Waals surface area contributed by atoms with Gasteiger partial charge in [0, 0.05) is 10.3 Å². The Morgan fingerprint density at radius 3 is 2.65 bits per heavy atom. The minimum Gasteiger partial charge on any atom is -0.436 e. The van der Waals surface area contributed by atoms with Gasteiger partial charge in [0.05, 0.1) is 11.3 Å². The van der Waals surface area contributed by atoms with Gasteiger partial charge in [0.1, 0.15) is 11.6 Å². The number of nitrogens with two attached hydrogens (primary N) is 1. The van der Waals surface area contributed by atoms with E-state index in [2.05, 4.69) is 6.07 Å². The molecular weight excluding hydrogens is 312 g/mol. The van der Waals surface area contributed by atoms with Crippen molar-refractivity contribution in [3.05, 3.63) is 74.3 Å². The maximum absolute atomic E-state index is 12.3. The first-order chi connectivity index (χ1) is 11.2. The lowest BCUT2D eigenvalue weighted by Gasteiger charge is -2.24. The quantitative estimate of drug-likeness (QED) is 0.743. The maximum atomic E-state index is 12.3. The number of fused-ring (bicyclic) bond motifs is 3. The zero-order chi connectivity index (χ0) is 16.0. The third kappa shape index (κ3) is 1.94. The molecule has 1 atom stereocenters. The van der Waals surface area contributed by atoms with Crippen LogP contribution < -0.4 is 16.1 Å². The van der Waals surface area contributed by atoms with Crippen LogP contribution in [-0.2, 0) is 0 Å². The van der Waals surface area contributed by atoms with Crippen molar-refractivity contribution in [3.63, 3.8) is 0 Å². The first-order valence-corrected chi connectivity index (χ1v) is 7.75. The zero-order valence-corrected chi connectivity index (χ0v) is 12.6. The lowest BCUT2D eigenvalue weighted by molar-refractivity contribution is 0.347. The molecule has 0 fully saturated rings. The zero-order valence-electron chi connectivity index (χ0n) is 11.8. The Morgan fingerprint density at radius 2 is 1.96 bits per heavy atom. The predicted molar refractivity (Wildman–Crippen MR) is 86.1 cm³/mol. The average Bonchev–Trinajstić information content (AvgIpc) is 3.09. The van der Waals surface area contributed by atoms with Crippen LogP contribution in [-0.4, -0.2) is 0 Å². The molecule has 0 bridgehead atoms. The molecule has 3 heterocycles. The van der Waals surface area contributed by atoms with Crippen molar-refractivity contribution in [2.45, 2.75) is 5.92 Å². The van der Waals surface area contributed by atoms with Crippen molar-refractivity contribution in [1.29, 1.82) is 5.26 Å². The van der Waals surface area contributed by atoms with Crippen LogP contribution >= 0.6 is 11.3 Å². The second-order valence-corrected chi connectivity index (χ2v) is 6.05. The fourth-order valence-electron chi connectivity index (χ4n) is 2.77. The SMILES string of the molecule is N#CC1=C(N)Oc2c(oc(=O)c3ccccc23)C1c1cccs1. The second kappa shape index (κ2) is 5.00.